The number of hydrogen-bond acceptors (Lipinski definition) is 4. The van der Waals surface area contributed by atoms with Crippen LogP contribution >= 0.6 is 0 Å². The molecule has 2 atom stereocenters. The minimum absolute atomic E-state index is 0.0362. The minimum atomic E-state index is -1.09. The molecule has 1 aliphatic carbocycles. The molecule has 1 rings (SSSR count). The van der Waals surface area contributed by atoms with Gasteiger partial charge in [-0.3, -0.25) is 4.79 Å². The number of aliphatic carboxylic acids is 1. The van der Waals surface area contributed by atoms with Gasteiger partial charge in [0.15, 0.2) is 0 Å². The molecule has 0 aromatic rings. The Balaban J connectivity index is 2.08. The molecule has 0 saturated heterocycles. The Morgan fingerprint density at radius 3 is 2.82 bits per heavy atom. The van der Waals surface area contributed by atoms with E-state index in [1.807, 2.05) is 0 Å². The van der Waals surface area contributed by atoms with E-state index in [2.05, 4.69) is 6.92 Å². The largest absolute Gasteiger partial charge is 0.480 e. The highest BCUT2D eigenvalue weighted by molar-refractivity contribution is 5.78. The van der Waals surface area contributed by atoms with E-state index in [0.717, 1.165) is 25.9 Å². The van der Waals surface area contributed by atoms with Crippen molar-refractivity contribution in [2.45, 2.75) is 50.7 Å². The Morgan fingerprint density at radius 2 is 2.24 bits per heavy atom. The third kappa shape index (κ3) is 4.61. The van der Waals surface area contributed by atoms with Crippen molar-refractivity contribution in [3.63, 3.8) is 0 Å². The number of hydrogen-bond donors (Lipinski definition) is 2. The lowest BCUT2D eigenvalue weighted by Gasteiger charge is -2.18. The molecule has 0 heterocycles. The monoisotopic (exact) mass is 245 g/mol. The lowest BCUT2D eigenvalue weighted by atomic mass is 10.00. The first kappa shape index (κ1) is 14.4. The van der Waals surface area contributed by atoms with Crippen LogP contribution < -0.4 is 5.73 Å². The summed E-state index contributed by atoms with van der Waals surface area (Å²) < 4.78 is 10.9. The minimum Gasteiger partial charge on any atom is -0.480 e. The number of nitrogens with two attached hydrogens (primary N) is 1. The summed E-state index contributed by atoms with van der Waals surface area (Å²) in [7, 11) is 0. The summed E-state index contributed by atoms with van der Waals surface area (Å²) in [6.45, 7) is 3.97. The van der Waals surface area contributed by atoms with Gasteiger partial charge in [0.2, 0.25) is 0 Å². The van der Waals surface area contributed by atoms with Crippen LogP contribution in [0.4, 0.5) is 0 Å². The number of carbonyl (C=O) groups is 1. The van der Waals surface area contributed by atoms with Crippen molar-refractivity contribution in [3.8, 4) is 0 Å². The van der Waals surface area contributed by atoms with Crippen molar-refractivity contribution in [3.05, 3.63) is 0 Å². The van der Waals surface area contributed by atoms with Gasteiger partial charge in [0.25, 0.3) is 0 Å². The second-order valence-corrected chi connectivity index (χ2v) is 4.66. The van der Waals surface area contributed by atoms with Crippen molar-refractivity contribution in [2.24, 2.45) is 5.73 Å². The highest BCUT2D eigenvalue weighted by Gasteiger charge is 2.42. The normalized spacial score (nSPS) is 28.5. The van der Waals surface area contributed by atoms with Gasteiger partial charge >= 0.3 is 5.97 Å². The summed E-state index contributed by atoms with van der Waals surface area (Å²) in [4.78, 5) is 10.9. The SMILES string of the molecule is CCCCOCCOC1CCC(N)(C(=O)O)C1. The van der Waals surface area contributed by atoms with E-state index in [9.17, 15) is 4.79 Å². The van der Waals surface area contributed by atoms with Gasteiger partial charge in [-0.1, -0.05) is 13.3 Å². The van der Waals surface area contributed by atoms with Crippen LogP contribution in [-0.2, 0) is 14.3 Å². The van der Waals surface area contributed by atoms with Crippen molar-refractivity contribution in [1.82, 2.24) is 0 Å². The zero-order chi connectivity index (χ0) is 12.7. The van der Waals surface area contributed by atoms with Crippen molar-refractivity contribution in [1.29, 1.82) is 0 Å². The summed E-state index contributed by atoms with van der Waals surface area (Å²) >= 11 is 0. The van der Waals surface area contributed by atoms with E-state index in [4.69, 9.17) is 20.3 Å². The third-order valence-corrected chi connectivity index (χ3v) is 3.15. The predicted octanol–water partition coefficient (Wildman–Crippen LogP) is 1.15. The second kappa shape index (κ2) is 6.93. The van der Waals surface area contributed by atoms with Gasteiger partial charge < -0.3 is 20.3 Å². The van der Waals surface area contributed by atoms with E-state index >= 15 is 0 Å². The number of unbranched alkanes of at least 4 members (excludes halogenated alkanes) is 1. The summed E-state index contributed by atoms with van der Waals surface area (Å²) in [5.74, 6) is -0.928. The van der Waals surface area contributed by atoms with Crippen LogP contribution in [0, 0.1) is 0 Å². The molecular formula is C12H23NO4. The van der Waals surface area contributed by atoms with Crippen molar-refractivity contribution in [2.75, 3.05) is 19.8 Å². The van der Waals surface area contributed by atoms with Gasteiger partial charge in [0.05, 0.1) is 19.3 Å². The Hall–Kier alpha value is -0.650. The van der Waals surface area contributed by atoms with Gasteiger partial charge in [-0.15, -0.1) is 0 Å². The molecule has 1 saturated carbocycles. The highest BCUT2D eigenvalue weighted by atomic mass is 16.5. The maximum atomic E-state index is 10.9. The van der Waals surface area contributed by atoms with Crippen LogP contribution in [0.2, 0.25) is 0 Å². The summed E-state index contributed by atoms with van der Waals surface area (Å²) in [5, 5.41) is 8.95. The summed E-state index contributed by atoms with van der Waals surface area (Å²) in [6, 6.07) is 0. The van der Waals surface area contributed by atoms with Crippen molar-refractivity contribution >= 4 is 5.97 Å². The first-order valence-electron chi connectivity index (χ1n) is 6.30. The Labute approximate surface area is 102 Å². The van der Waals surface area contributed by atoms with Crippen LogP contribution in [0.5, 0.6) is 0 Å². The number of carboxylic acids is 1. The fraction of sp³-hybridized carbons (Fsp3) is 0.917. The van der Waals surface area contributed by atoms with E-state index < -0.39 is 11.5 Å². The van der Waals surface area contributed by atoms with Crippen molar-refractivity contribution < 1.29 is 19.4 Å². The van der Waals surface area contributed by atoms with Gasteiger partial charge in [-0.25, -0.2) is 0 Å². The Morgan fingerprint density at radius 1 is 1.47 bits per heavy atom. The molecule has 5 nitrogen and oxygen atoms in total. The van der Waals surface area contributed by atoms with Crippen LogP contribution in [0.3, 0.4) is 0 Å². The number of ether oxygens (including phenoxy) is 2. The molecule has 0 spiro atoms. The standard InChI is InChI=1S/C12H23NO4/c1-2-3-6-16-7-8-17-10-4-5-12(13,9-10)11(14)15/h10H,2-9,13H2,1H3,(H,14,15). The van der Waals surface area contributed by atoms with E-state index in [-0.39, 0.29) is 6.10 Å². The van der Waals surface area contributed by atoms with Gasteiger partial charge in [-0.05, 0) is 19.3 Å². The highest BCUT2D eigenvalue weighted by Crippen LogP contribution is 2.29. The second-order valence-electron chi connectivity index (χ2n) is 4.66. The molecule has 1 fully saturated rings. The molecule has 100 valence electrons. The van der Waals surface area contributed by atoms with Crippen LogP contribution in [0.25, 0.3) is 0 Å². The maximum Gasteiger partial charge on any atom is 0.323 e. The molecule has 0 aliphatic heterocycles. The smallest absolute Gasteiger partial charge is 0.323 e. The molecule has 5 heteroatoms. The van der Waals surface area contributed by atoms with Crippen LogP contribution in [0.1, 0.15) is 39.0 Å². The zero-order valence-corrected chi connectivity index (χ0v) is 10.5. The predicted molar refractivity (Wildman–Crippen MR) is 63.9 cm³/mol. The maximum absolute atomic E-state index is 10.9. The molecule has 0 aromatic carbocycles. The molecule has 0 radical (unpaired) electrons. The first-order valence-corrected chi connectivity index (χ1v) is 6.30. The van der Waals surface area contributed by atoms with Crippen LogP contribution in [-0.4, -0.2) is 42.5 Å². The molecule has 0 aromatic heterocycles. The quantitative estimate of drug-likeness (QED) is 0.627. The van der Waals surface area contributed by atoms with E-state index in [0.29, 0.717) is 26.1 Å². The van der Waals surface area contributed by atoms with Gasteiger partial charge in [0.1, 0.15) is 5.54 Å². The zero-order valence-electron chi connectivity index (χ0n) is 10.5. The fourth-order valence-corrected chi connectivity index (χ4v) is 1.99. The average molecular weight is 245 g/mol. The third-order valence-electron chi connectivity index (χ3n) is 3.15. The number of carboxylic acid groups (broad SMARTS) is 1. The summed E-state index contributed by atoms with van der Waals surface area (Å²) in [5.41, 5.74) is 4.66. The molecular weight excluding hydrogens is 222 g/mol. The Bertz CT molecular complexity index is 247. The van der Waals surface area contributed by atoms with E-state index in [1.54, 1.807) is 0 Å². The molecule has 1 aliphatic rings. The first-order chi connectivity index (χ1) is 8.08. The lowest BCUT2D eigenvalue weighted by molar-refractivity contribution is -0.143. The van der Waals surface area contributed by atoms with E-state index in [1.165, 1.54) is 0 Å². The Kier molecular flexibility index (Phi) is 5.88. The summed E-state index contributed by atoms with van der Waals surface area (Å²) in [6.07, 6.45) is 3.76. The van der Waals surface area contributed by atoms with Crippen LogP contribution in [0.15, 0.2) is 0 Å². The topological polar surface area (TPSA) is 81.8 Å². The lowest BCUT2D eigenvalue weighted by Crippen LogP contribution is -2.45. The fourth-order valence-electron chi connectivity index (χ4n) is 1.99. The molecule has 0 amide bonds. The molecule has 17 heavy (non-hydrogen) atoms. The average Bonchev–Trinajstić information content (AvgIpc) is 2.67. The van der Waals surface area contributed by atoms with Gasteiger partial charge in [-0.2, -0.15) is 0 Å². The molecule has 3 N–H and O–H groups in total. The molecule has 2 unspecified atom stereocenters. The molecule has 0 bridgehead atoms. The van der Waals surface area contributed by atoms with Gasteiger partial charge in [0, 0.05) is 13.0 Å². The number of rotatable bonds is 8.